The molecule has 0 spiro atoms. The van der Waals surface area contributed by atoms with Gasteiger partial charge in [0.15, 0.2) is 0 Å². The van der Waals surface area contributed by atoms with Crippen LogP contribution in [-0.4, -0.2) is 18.5 Å². The molecule has 3 heteroatoms. The van der Waals surface area contributed by atoms with Crippen LogP contribution in [0.4, 0.5) is 5.69 Å². The zero-order valence-electron chi connectivity index (χ0n) is 12.6. The fourth-order valence-electron chi connectivity index (χ4n) is 2.94. The molecule has 0 saturated carbocycles. The maximum Gasteiger partial charge on any atom is 0.0419 e. The summed E-state index contributed by atoms with van der Waals surface area (Å²) < 4.78 is 0. The smallest absolute Gasteiger partial charge is 0.0419 e. The standard InChI is InChI=1S/C18H21ClN2/c1-13(14-6-8-17(19)9-7-14)21(2)12-16-5-3-4-15-10-11-20-18(15)16/h3-9,13,20H,10-12H2,1-2H3. The van der Waals surface area contributed by atoms with E-state index in [-0.39, 0.29) is 0 Å². The number of benzene rings is 2. The number of anilines is 1. The molecule has 0 fully saturated rings. The Morgan fingerprint density at radius 3 is 2.71 bits per heavy atom. The molecule has 0 saturated heterocycles. The van der Waals surface area contributed by atoms with Crippen molar-refractivity contribution in [3.8, 4) is 0 Å². The average Bonchev–Trinajstić information content (AvgIpc) is 2.97. The number of fused-ring (bicyclic) bond motifs is 1. The predicted octanol–water partition coefficient (Wildman–Crippen LogP) is 4.50. The first-order chi connectivity index (χ1) is 10.1. The Labute approximate surface area is 131 Å². The normalized spacial score (nSPS) is 14.9. The molecule has 0 aliphatic carbocycles. The molecule has 0 amide bonds. The zero-order chi connectivity index (χ0) is 14.8. The van der Waals surface area contributed by atoms with Crippen LogP contribution in [0.15, 0.2) is 42.5 Å². The molecule has 1 unspecified atom stereocenters. The third-order valence-electron chi connectivity index (χ3n) is 4.37. The van der Waals surface area contributed by atoms with Crippen molar-refractivity contribution in [3.05, 3.63) is 64.2 Å². The second-order valence-corrected chi connectivity index (χ2v) is 6.21. The Hall–Kier alpha value is -1.51. The lowest BCUT2D eigenvalue weighted by Gasteiger charge is -2.26. The minimum atomic E-state index is 0.361. The first-order valence-electron chi connectivity index (χ1n) is 7.45. The first kappa shape index (κ1) is 14.4. The number of para-hydroxylation sites is 1. The topological polar surface area (TPSA) is 15.3 Å². The molecular formula is C18H21ClN2. The maximum atomic E-state index is 5.97. The van der Waals surface area contributed by atoms with E-state index in [4.69, 9.17) is 11.6 Å². The molecule has 2 aromatic carbocycles. The lowest BCUT2D eigenvalue weighted by Crippen LogP contribution is -2.22. The molecule has 2 nitrogen and oxygen atoms in total. The van der Waals surface area contributed by atoms with Crippen LogP contribution in [-0.2, 0) is 13.0 Å². The van der Waals surface area contributed by atoms with Gasteiger partial charge in [-0.1, -0.05) is 41.9 Å². The molecule has 3 rings (SSSR count). The highest BCUT2D eigenvalue weighted by Crippen LogP contribution is 2.29. The summed E-state index contributed by atoms with van der Waals surface area (Å²) in [5.41, 5.74) is 5.46. The van der Waals surface area contributed by atoms with E-state index >= 15 is 0 Å². The molecule has 0 aromatic heterocycles. The van der Waals surface area contributed by atoms with E-state index in [1.54, 1.807) is 0 Å². The van der Waals surface area contributed by atoms with Gasteiger partial charge in [0.1, 0.15) is 0 Å². The Bertz CT molecular complexity index is 622. The second kappa shape index (κ2) is 6.08. The summed E-state index contributed by atoms with van der Waals surface area (Å²) in [5.74, 6) is 0. The van der Waals surface area contributed by atoms with Crippen molar-refractivity contribution in [2.45, 2.75) is 25.9 Å². The van der Waals surface area contributed by atoms with Gasteiger partial charge in [0.05, 0.1) is 0 Å². The van der Waals surface area contributed by atoms with Gasteiger partial charge in [0.25, 0.3) is 0 Å². The third-order valence-corrected chi connectivity index (χ3v) is 4.62. The molecule has 2 aromatic rings. The van der Waals surface area contributed by atoms with Gasteiger partial charge >= 0.3 is 0 Å². The molecule has 21 heavy (non-hydrogen) atoms. The Morgan fingerprint density at radius 2 is 1.95 bits per heavy atom. The maximum absolute atomic E-state index is 5.97. The van der Waals surface area contributed by atoms with Crippen molar-refractivity contribution >= 4 is 17.3 Å². The summed E-state index contributed by atoms with van der Waals surface area (Å²) in [6.07, 6.45) is 1.14. The van der Waals surface area contributed by atoms with Gasteiger partial charge in [0, 0.05) is 29.8 Å². The lowest BCUT2D eigenvalue weighted by atomic mass is 10.0. The van der Waals surface area contributed by atoms with E-state index in [0.717, 1.165) is 24.5 Å². The van der Waals surface area contributed by atoms with Crippen LogP contribution in [0.25, 0.3) is 0 Å². The fraction of sp³-hybridized carbons (Fsp3) is 0.333. The van der Waals surface area contributed by atoms with Crippen LogP contribution in [0.1, 0.15) is 29.7 Å². The summed E-state index contributed by atoms with van der Waals surface area (Å²) in [6.45, 7) is 4.24. The second-order valence-electron chi connectivity index (χ2n) is 5.77. The van der Waals surface area contributed by atoms with E-state index in [2.05, 4.69) is 54.5 Å². The van der Waals surface area contributed by atoms with Crippen molar-refractivity contribution in [1.82, 2.24) is 4.90 Å². The number of nitrogens with one attached hydrogen (secondary N) is 1. The highest BCUT2D eigenvalue weighted by molar-refractivity contribution is 6.30. The minimum Gasteiger partial charge on any atom is -0.384 e. The number of nitrogens with zero attached hydrogens (tertiary/aromatic N) is 1. The van der Waals surface area contributed by atoms with Crippen LogP contribution < -0.4 is 5.32 Å². The molecule has 1 aliphatic rings. The van der Waals surface area contributed by atoms with Crippen LogP contribution >= 0.6 is 11.6 Å². The van der Waals surface area contributed by atoms with Crippen LogP contribution in [0.5, 0.6) is 0 Å². The molecule has 0 radical (unpaired) electrons. The van der Waals surface area contributed by atoms with E-state index in [0.29, 0.717) is 6.04 Å². The van der Waals surface area contributed by atoms with Gasteiger partial charge in [-0.3, -0.25) is 4.90 Å². The average molecular weight is 301 g/mol. The van der Waals surface area contributed by atoms with Crippen molar-refractivity contribution in [1.29, 1.82) is 0 Å². The Balaban J connectivity index is 1.76. The van der Waals surface area contributed by atoms with Crippen LogP contribution in [0.2, 0.25) is 5.02 Å². The summed E-state index contributed by atoms with van der Waals surface area (Å²) in [6, 6.07) is 15.1. The highest BCUT2D eigenvalue weighted by Gasteiger charge is 2.17. The molecule has 1 heterocycles. The predicted molar refractivity (Wildman–Crippen MR) is 90.0 cm³/mol. The SMILES string of the molecule is CC(c1ccc(Cl)cc1)N(C)Cc1cccc2c1NCC2. The number of hydrogen-bond acceptors (Lipinski definition) is 2. The molecule has 0 bridgehead atoms. The summed E-state index contributed by atoms with van der Waals surface area (Å²) in [5, 5.41) is 4.31. The quantitative estimate of drug-likeness (QED) is 0.894. The molecule has 1 atom stereocenters. The van der Waals surface area contributed by atoms with E-state index in [9.17, 15) is 0 Å². The molecule has 110 valence electrons. The van der Waals surface area contributed by atoms with E-state index < -0.39 is 0 Å². The first-order valence-corrected chi connectivity index (χ1v) is 7.83. The molecule has 1 aliphatic heterocycles. The number of rotatable bonds is 4. The van der Waals surface area contributed by atoms with Gasteiger partial charge in [0.2, 0.25) is 0 Å². The Morgan fingerprint density at radius 1 is 1.19 bits per heavy atom. The van der Waals surface area contributed by atoms with Crippen molar-refractivity contribution in [2.24, 2.45) is 0 Å². The monoisotopic (exact) mass is 300 g/mol. The largest absolute Gasteiger partial charge is 0.384 e. The lowest BCUT2D eigenvalue weighted by molar-refractivity contribution is 0.253. The molecule has 1 N–H and O–H groups in total. The van der Waals surface area contributed by atoms with Crippen LogP contribution in [0.3, 0.4) is 0 Å². The number of hydrogen-bond donors (Lipinski definition) is 1. The summed E-state index contributed by atoms with van der Waals surface area (Å²) in [4.78, 5) is 2.37. The van der Waals surface area contributed by atoms with Crippen molar-refractivity contribution in [2.75, 3.05) is 18.9 Å². The highest BCUT2D eigenvalue weighted by atomic mass is 35.5. The van der Waals surface area contributed by atoms with E-state index in [1.165, 1.54) is 22.4 Å². The van der Waals surface area contributed by atoms with Gasteiger partial charge in [-0.25, -0.2) is 0 Å². The van der Waals surface area contributed by atoms with Crippen LogP contribution in [0, 0.1) is 0 Å². The fourth-order valence-corrected chi connectivity index (χ4v) is 3.07. The van der Waals surface area contributed by atoms with Crippen molar-refractivity contribution in [3.63, 3.8) is 0 Å². The van der Waals surface area contributed by atoms with Gasteiger partial charge < -0.3 is 5.32 Å². The third kappa shape index (κ3) is 3.07. The number of halogens is 1. The van der Waals surface area contributed by atoms with E-state index in [1.807, 2.05) is 12.1 Å². The van der Waals surface area contributed by atoms with Gasteiger partial charge in [-0.2, -0.15) is 0 Å². The van der Waals surface area contributed by atoms with Crippen molar-refractivity contribution < 1.29 is 0 Å². The van der Waals surface area contributed by atoms with Gasteiger partial charge in [-0.05, 0) is 49.2 Å². The summed E-state index contributed by atoms with van der Waals surface area (Å²) >= 11 is 5.97. The molecular weight excluding hydrogens is 280 g/mol. The summed E-state index contributed by atoms with van der Waals surface area (Å²) in [7, 11) is 2.17. The minimum absolute atomic E-state index is 0.361. The zero-order valence-corrected chi connectivity index (χ0v) is 13.3. The van der Waals surface area contributed by atoms with Gasteiger partial charge in [-0.15, -0.1) is 0 Å². The Kier molecular flexibility index (Phi) is 4.18.